The van der Waals surface area contributed by atoms with Crippen molar-refractivity contribution in [2.24, 2.45) is 0 Å². The van der Waals surface area contributed by atoms with E-state index in [9.17, 15) is 4.79 Å². The Morgan fingerprint density at radius 2 is 2.17 bits per heavy atom. The number of carboxylic acid groups (broad SMARTS) is 1. The minimum atomic E-state index is -0.924. The lowest BCUT2D eigenvalue weighted by atomic mass is 10.1. The van der Waals surface area contributed by atoms with Gasteiger partial charge in [0, 0.05) is 18.9 Å². The van der Waals surface area contributed by atoms with Gasteiger partial charge in [-0.25, -0.2) is 4.79 Å². The second-order valence-corrected chi connectivity index (χ2v) is 4.02. The van der Waals surface area contributed by atoms with Crippen molar-refractivity contribution in [1.29, 1.82) is 0 Å². The monoisotopic (exact) mass is 242 g/mol. The summed E-state index contributed by atoms with van der Waals surface area (Å²) in [6.45, 7) is 2.44. The molecule has 1 aromatic heterocycles. The normalized spacial score (nSPS) is 10.1. The molecule has 2 rings (SSSR count). The van der Waals surface area contributed by atoms with Crippen molar-refractivity contribution in [2.75, 3.05) is 5.32 Å². The highest BCUT2D eigenvalue weighted by molar-refractivity contribution is 5.95. The molecule has 0 aliphatic heterocycles. The van der Waals surface area contributed by atoms with Crippen LogP contribution in [0.1, 0.15) is 21.5 Å². The van der Waals surface area contributed by atoms with E-state index < -0.39 is 5.97 Å². The van der Waals surface area contributed by atoms with Gasteiger partial charge in [0.15, 0.2) is 0 Å². The van der Waals surface area contributed by atoms with E-state index in [1.165, 1.54) is 0 Å². The van der Waals surface area contributed by atoms with E-state index in [1.807, 2.05) is 25.1 Å². The Balaban J connectivity index is 2.21. The average Bonchev–Trinajstić information content (AvgIpc) is 2.38. The fourth-order valence-corrected chi connectivity index (χ4v) is 1.77. The molecule has 0 unspecified atom stereocenters. The number of aromatic carboxylic acids is 1. The number of aromatic nitrogens is 1. The van der Waals surface area contributed by atoms with Crippen molar-refractivity contribution in [2.45, 2.75) is 13.5 Å². The van der Waals surface area contributed by atoms with E-state index in [0.29, 0.717) is 17.8 Å². The van der Waals surface area contributed by atoms with Gasteiger partial charge in [-0.1, -0.05) is 18.2 Å². The molecule has 0 atom stereocenters. The minimum Gasteiger partial charge on any atom is -0.478 e. The molecule has 0 bridgehead atoms. The Morgan fingerprint density at radius 3 is 2.83 bits per heavy atom. The molecule has 92 valence electrons. The second kappa shape index (κ2) is 5.31. The summed E-state index contributed by atoms with van der Waals surface area (Å²) in [5.74, 6) is -0.924. The molecule has 0 saturated heterocycles. The third kappa shape index (κ3) is 2.66. The van der Waals surface area contributed by atoms with Gasteiger partial charge in [-0.05, 0) is 30.2 Å². The molecular weight excluding hydrogens is 228 g/mol. The maximum Gasteiger partial charge on any atom is 0.337 e. The number of nitrogens with zero attached hydrogens (tertiary/aromatic N) is 1. The van der Waals surface area contributed by atoms with Gasteiger partial charge in [0.25, 0.3) is 0 Å². The number of anilines is 1. The van der Waals surface area contributed by atoms with Gasteiger partial charge >= 0.3 is 5.97 Å². The zero-order valence-electron chi connectivity index (χ0n) is 10.1. The number of para-hydroxylation sites is 1. The molecule has 4 nitrogen and oxygen atoms in total. The van der Waals surface area contributed by atoms with Crippen LogP contribution in [0.5, 0.6) is 0 Å². The van der Waals surface area contributed by atoms with Crippen molar-refractivity contribution in [3.63, 3.8) is 0 Å². The van der Waals surface area contributed by atoms with E-state index >= 15 is 0 Å². The highest BCUT2D eigenvalue weighted by atomic mass is 16.4. The van der Waals surface area contributed by atoms with Gasteiger partial charge in [-0.3, -0.25) is 4.98 Å². The maximum absolute atomic E-state index is 11.1. The lowest BCUT2D eigenvalue weighted by Gasteiger charge is -2.12. The lowest BCUT2D eigenvalue weighted by Crippen LogP contribution is -2.08. The number of pyridine rings is 1. The van der Waals surface area contributed by atoms with Crippen LogP contribution in [0, 0.1) is 6.92 Å². The molecule has 2 N–H and O–H groups in total. The molecule has 0 aliphatic carbocycles. The topological polar surface area (TPSA) is 62.2 Å². The zero-order valence-corrected chi connectivity index (χ0v) is 10.1. The number of hydrogen-bond acceptors (Lipinski definition) is 3. The maximum atomic E-state index is 11.1. The Bertz CT molecular complexity index is 553. The molecule has 1 heterocycles. The molecule has 0 saturated carbocycles. The van der Waals surface area contributed by atoms with Crippen molar-refractivity contribution in [3.8, 4) is 0 Å². The standard InChI is InChI=1S/C14H14N2O2/c1-10-4-2-6-12(14(17)18)13(10)16-9-11-5-3-7-15-8-11/h2-8,16H,9H2,1H3,(H,17,18). The Hall–Kier alpha value is -2.36. The number of hydrogen-bond donors (Lipinski definition) is 2. The summed E-state index contributed by atoms with van der Waals surface area (Å²) in [5.41, 5.74) is 2.88. The molecule has 1 aromatic carbocycles. The first-order valence-electron chi connectivity index (χ1n) is 5.64. The van der Waals surface area contributed by atoms with E-state index in [0.717, 1.165) is 11.1 Å². The molecular formula is C14H14N2O2. The highest BCUT2D eigenvalue weighted by Crippen LogP contribution is 2.21. The number of rotatable bonds is 4. The van der Waals surface area contributed by atoms with E-state index in [4.69, 9.17) is 5.11 Å². The predicted octanol–water partition coefficient (Wildman–Crippen LogP) is 2.70. The smallest absolute Gasteiger partial charge is 0.337 e. The molecule has 0 spiro atoms. The first-order chi connectivity index (χ1) is 8.68. The number of aryl methyl sites for hydroxylation is 1. The predicted molar refractivity (Wildman–Crippen MR) is 69.7 cm³/mol. The Labute approximate surface area is 105 Å². The van der Waals surface area contributed by atoms with Gasteiger partial charge in [0.1, 0.15) is 0 Å². The van der Waals surface area contributed by atoms with Crippen LogP contribution in [0.3, 0.4) is 0 Å². The third-order valence-corrected chi connectivity index (χ3v) is 2.70. The summed E-state index contributed by atoms with van der Waals surface area (Å²) >= 11 is 0. The van der Waals surface area contributed by atoms with Gasteiger partial charge in [0.05, 0.1) is 11.3 Å². The number of nitrogens with one attached hydrogen (secondary N) is 1. The minimum absolute atomic E-state index is 0.291. The summed E-state index contributed by atoms with van der Waals surface area (Å²) in [7, 11) is 0. The third-order valence-electron chi connectivity index (χ3n) is 2.70. The van der Waals surface area contributed by atoms with Crippen molar-refractivity contribution in [3.05, 3.63) is 59.4 Å². The van der Waals surface area contributed by atoms with Crippen LogP contribution in [0.15, 0.2) is 42.7 Å². The zero-order chi connectivity index (χ0) is 13.0. The summed E-state index contributed by atoms with van der Waals surface area (Å²) in [4.78, 5) is 15.2. The quantitative estimate of drug-likeness (QED) is 0.865. The van der Waals surface area contributed by atoms with Gasteiger partial charge < -0.3 is 10.4 Å². The number of carbonyl (C=O) groups is 1. The molecule has 0 radical (unpaired) electrons. The number of benzene rings is 1. The van der Waals surface area contributed by atoms with E-state index in [1.54, 1.807) is 24.5 Å². The second-order valence-electron chi connectivity index (χ2n) is 4.02. The Kier molecular flexibility index (Phi) is 3.57. The van der Waals surface area contributed by atoms with Crippen LogP contribution < -0.4 is 5.32 Å². The van der Waals surface area contributed by atoms with Gasteiger partial charge in [-0.2, -0.15) is 0 Å². The summed E-state index contributed by atoms with van der Waals surface area (Å²) in [6, 6.07) is 9.03. The van der Waals surface area contributed by atoms with E-state index in [-0.39, 0.29) is 0 Å². The molecule has 0 fully saturated rings. The molecule has 0 amide bonds. The van der Waals surface area contributed by atoms with Crippen LogP contribution in [0.4, 0.5) is 5.69 Å². The van der Waals surface area contributed by atoms with Crippen LogP contribution in [0.25, 0.3) is 0 Å². The largest absolute Gasteiger partial charge is 0.478 e. The highest BCUT2D eigenvalue weighted by Gasteiger charge is 2.11. The summed E-state index contributed by atoms with van der Waals surface area (Å²) in [6.07, 6.45) is 3.46. The first-order valence-corrected chi connectivity index (χ1v) is 5.64. The average molecular weight is 242 g/mol. The summed E-state index contributed by atoms with van der Waals surface area (Å²) in [5, 5.41) is 12.3. The summed E-state index contributed by atoms with van der Waals surface area (Å²) < 4.78 is 0. The van der Waals surface area contributed by atoms with Crippen molar-refractivity contribution >= 4 is 11.7 Å². The molecule has 2 aromatic rings. The van der Waals surface area contributed by atoms with Crippen LogP contribution >= 0.6 is 0 Å². The SMILES string of the molecule is Cc1cccc(C(=O)O)c1NCc1cccnc1. The number of carboxylic acids is 1. The van der Waals surface area contributed by atoms with Crippen molar-refractivity contribution < 1.29 is 9.90 Å². The molecule has 0 aliphatic rings. The van der Waals surface area contributed by atoms with Crippen LogP contribution in [-0.4, -0.2) is 16.1 Å². The van der Waals surface area contributed by atoms with Gasteiger partial charge in [0.2, 0.25) is 0 Å². The first kappa shape index (κ1) is 12.1. The lowest BCUT2D eigenvalue weighted by molar-refractivity contribution is 0.0698. The molecule has 4 heteroatoms. The van der Waals surface area contributed by atoms with Gasteiger partial charge in [-0.15, -0.1) is 0 Å². The van der Waals surface area contributed by atoms with Crippen LogP contribution in [-0.2, 0) is 6.54 Å². The van der Waals surface area contributed by atoms with Crippen LogP contribution in [0.2, 0.25) is 0 Å². The van der Waals surface area contributed by atoms with E-state index in [2.05, 4.69) is 10.3 Å². The Morgan fingerprint density at radius 1 is 1.33 bits per heavy atom. The fourth-order valence-electron chi connectivity index (χ4n) is 1.77. The van der Waals surface area contributed by atoms with Crippen molar-refractivity contribution in [1.82, 2.24) is 4.98 Å². The fraction of sp³-hybridized carbons (Fsp3) is 0.143. The molecule has 18 heavy (non-hydrogen) atoms.